The number of fused-ring (bicyclic) bond motifs is 1. The van der Waals surface area contributed by atoms with Crippen molar-refractivity contribution in [2.24, 2.45) is 0 Å². The first kappa shape index (κ1) is 17.9. The lowest BCUT2D eigenvalue weighted by Crippen LogP contribution is -2.39. The first-order valence-electron chi connectivity index (χ1n) is 10.1. The van der Waals surface area contributed by atoms with Crippen LogP contribution in [-0.2, 0) is 11.3 Å². The van der Waals surface area contributed by atoms with Gasteiger partial charge in [-0.2, -0.15) is 0 Å². The summed E-state index contributed by atoms with van der Waals surface area (Å²) in [5.74, 6) is 0.141. The molecule has 1 atom stereocenters. The van der Waals surface area contributed by atoms with Crippen molar-refractivity contribution in [3.63, 3.8) is 0 Å². The van der Waals surface area contributed by atoms with Crippen LogP contribution in [0.25, 0.3) is 0 Å². The van der Waals surface area contributed by atoms with E-state index in [0.29, 0.717) is 13.1 Å². The summed E-state index contributed by atoms with van der Waals surface area (Å²) in [5, 5.41) is 0. The molecule has 1 amide bonds. The van der Waals surface area contributed by atoms with E-state index in [-0.39, 0.29) is 11.8 Å². The van der Waals surface area contributed by atoms with Gasteiger partial charge in [-0.1, -0.05) is 30.3 Å². The van der Waals surface area contributed by atoms with Gasteiger partial charge in [-0.05, 0) is 29.8 Å². The molecule has 2 aliphatic rings. The Hall–Kier alpha value is -3.12. The number of amides is 1. The molecule has 6 nitrogen and oxygen atoms in total. The summed E-state index contributed by atoms with van der Waals surface area (Å²) < 4.78 is 5.42. The lowest BCUT2D eigenvalue weighted by atomic mass is 9.90. The Labute approximate surface area is 170 Å². The van der Waals surface area contributed by atoms with E-state index >= 15 is 0 Å². The average molecular weight is 388 g/mol. The van der Waals surface area contributed by atoms with Crippen LogP contribution in [0.15, 0.2) is 60.9 Å². The standard InChI is InChI=1S/C23H24N4O2/c28-23(18-6-8-19(9-7-18)26-10-12-29-13-11-26)27-14-20(17-4-2-1-3-5-17)22-21(15-27)24-16-25-22/h1-9,16,20H,10-15H2,(H,24,25). The minimum Gasteiger partial charge on any atom is -0.378 e. The highest BCUT2D eigenvalue weighted by Gasteiger charge is 2.31. The number of nitrogens with zero attached hydrogens (tertiary/aromatic N) is 3. The van der Waals surface area contributed by atoms with E-state index in [1.807, 2.05) is 47.4 Å². The van der Waals surface area contributed by atoms with Gasteiger partial charge in [0.2, 0.25) is 0 Å². The number of imidazole rings is 1. The van der Waals surface area contributed by atoms with Crippen molar-refractivity contribution < 1.29 is 9.53 Å². The van der Waals surface area contributed by atoms with E-state index in [1.54, 1.807) is 6.33 Å². The molecule has 1 N–H and O–H groups in total. The van der Waals surface area contributed by atoms with Gasteiger partial charge < -0.3 is 19.5 Å². The number of H-pyrrole nitrogens is 1. The van der Waals surface area contributed by atoms with Gasteiger partial charge in [0.1, 0.15) is 0 Å². The number of benzene rings is 2. The van der Waals surface area contributed by atoms with Crippen LogP contribution in [0.2, 0.25) is 0 Å². The highest BCUT2D eigenvalue weighted by atomic mass is 16.5. The number of hydrogen-bond acceptors (Lipinski definition) is 4. The molecule has 3 aromatic rings. The van der Waals surface area contributed by atoms with Crippen LogP contribution in [0.4, 0.5) is 5.69 Å². The molecule has 1 unspecified atom stereocenters. The molecule has 0 saturated carbocycles. The number of ether oxygens (including phenoxy) is 1. The highest BCUT2D eigenvalue weighted by molar-refractivity contribution is 5.94. The quantitative estimate of drug-likeness (QED) is 0.749. The summed E-state index contributed by atoms with van der Waals surface area (Å²) in [6.45, 7) is 4.47. The topological polar surface area (TPSA) is 61.5 Å². The summed E-state index contributed by atoms with van der Waals surface area (Å²) in [6, 6.07) is 18.2. The molecule has 0 radical (unpaired) electrons. The van der Waals surface area contributed by atoms with E-state index < -0.39 is 0 Å². The maximum absolute atomic E-state index is 13.3. The Morgan fingerprint density at radius 2 is 1.79 bits per heavy atom. The molecule has 0 bridgehead atoms. The van der Waals surface area contributed by atoms with Crippen molar-refractivity contribution in [3.05, 3.63) is 83.4 Å². The van der Waals surface area contributed by atoms with Crippen LogP contribution < -0.4 is 4.90 Å². The van der Waals surface area contributed by atoms with Crippen LogP contribution in [-0.4, -0.2) is 53.6 Å². The number of aromatic nitrogens is 2. The molecular formula is C23H24N4O2. The van der Waals surface area contributed by atoms with Crippen LogP contribution in [0.5, 0.6) is 0 Å². The van der Waals surface area contributed by atoms with E-state index in [2.05, 4.69) is 27.0 Å². The van der Waals surface area contributed by atoms with Gasteiger partial charge >= 0.3 is 0 Å². The number of anilines is 1. The first-order chi connectivity index (χ1) is 14.3. The lowest BCUT2D eigenvalue weighted by molar-refractivity contribution is 0.0722. The Balaban J connectivity index is 1.37. The third kappa shape index (κ3) is 3.51. The number of carbonyl (C=O) groups is 1. The van der Waals surface area contributed by atoms with Crippen molar-refractivity contribution in [2.75, 3.05) is 37.7 Å². The van der Waals surface area contributed by atoms with Gasteiger partial charge in [0.25, 0.3) is 5.91 Å². The van der Waals surface area contributed by atoms with E-state index in [0.717, 1.165) is 48.9 Å². The van der Waals surface area contributed by atoms with Gasteiger partial charge in [-0.25, -0.2) is 4.98 Å². The van der Waals surface area contributed by atoms with Gasteiger partial charge in [0, 0.05) is 36.8 Å². The summed E-state index contributed by atoms with van der Waals surface area (Å²) >= 11 is 0. The molecule has 6 heteroatoms. The highest BCUT2D eigenvalue weighted by Crippen LogP contribution is 2.32. The SMILES string of the molecule is O=C(c1ccc(N2CCOCC2)cc1)N1Cc2[nH]cnc2C(c2ccccc2)C1. The smallest absolute Gasteiger partial charge is 0.254 e. The molecule has 2 aromatic carbocycles. The monoisotopic (exact) mass is 388 g/mol. The van der Waals surface area contributed by atoms with Gasteiger partial charge in [-0.15, -0.1) is 0 Å². The Kier molecular flexibility index (Phi) is 4.77. The molecule has 3 heterocycles. The van der Waals surface area contributed by atoms with Crippen LogP contribution in [0, 0.1) is 0 Å². The zero-order valence-electron chi connectivity index (χ0n) is 16.3. The molecule has 0 aliphatic carbocycles. The Bertz CT molecular complexity index is 978. The minimum absolute atomic E-state index is 0.0553. The van der Waals surface area contributed by atoms with E-state index in [4.69, 9.17) is 4.74 Å². The molecule has 5 rings (SSSR count). The summed E-state index contributed by atoms with van der Waals surface area (Å²) in [4.78, 5) is 25.2. The van der Waals surface area contributed by atoms with Crippen molar-refractivity contribution in [1.29, 1.82) is 0 Å². The van der Waals surface area contributed by atoms with E-state index in [1.165, 1.54) is 5.56 Å². The van der Waals surface area contributed by atoms with Gasteiger partial charge in [0.05, 0.1) is 37.5 Å². The van der Waals surface area contributed by atoms with Crippen molar-refractivity contribution in [2.45, 2.75) is 12.5 Å². The molecule has 0 spiro atoms. The summed E-state index contributed by atoms with van der Waals surface area (Å²) in [6.07, 6.45) is 1.73. The summed E-state index contributed by atoms with van der Waals surface area (Å²) in [7, 11) is 0. The predicted molar refractivity (Wildman–Crippen MR) is 111 cm³/mol. The maximum Gasteiger partial charge on any atom is 0.254 e. The van der Waals surface area contributed by atoms with Crippen molar-refractivity contribution in [3.8, 4) is 0 Å². The fraction of sp³-hybridized carbons (Fsp3) is 0.304. The largest absolute Gasteiger partial charge is 0.378 e. The molecule has 2 aliphatic heterocycles. The normalized spacial score (nSPS) is 19.1. The second-order valence-electron chi connectivity index (χ2n) is 7.56. The molecule has 1 aromatic heterocycles. The van der Waals surface area contributed by atoms with Crippen LogP contribution in [0.1, 0.15) is 33.2 Å². The second kappa shape index (κ2) is 7.72. The lowest BCUT2D eigenvalue weighted by Gasteiger charge is -2.32. The third-order valence-electron chi connectivity index (χ3n) is 5.81. The Morgan fingerprint density at radius 3 is 2.55 bits per heavy atom. The second-order valence-corrected chi connectivity index (χ2v) is 7.56. The molecular weight excluding hydrogens is 364 g/mol. The van der Waals surface area contributed by atoms with Crippen molar-refractivity contribution in [1.82, 2.24) is 14.9 Å². The number of nitrogens with one attached hydrogen (secondary N) is 1. The van der Waals surface area contributed by atoms with Crippen molar-refractivity contribution >= 4 is 11.6 Å². The number of aromatic amines is 1. The molecule has 1 fully saturated rings. The zero-order valence-corrected chi connectivity index (χ0v) is 16.3. The minimum atomic E-state index is 0.0553. The first-order valence-corrected chi connectivity index (χ1v) is 10.1. The summed E-state index contributed by atoms with van der Waals surface area (Å²) in [5.41, 5.74) is 5.10. The molecule has 1 saturated heterocycles. The number of morpholine rings is 1. The Morgan fingerprint density at radius 1 is 1.03 bits per heavy atom. The number of rotatable bonds is 3. The third-order valence-corrected chi connectivity index (χ3v) is 5.81. The van der Waals surface area contributed by atoms with Gasteiger partial charge in [0.15, 0.2) is 0 Å². The molecule has 29 heavy (non-hydrogen) atoms. The average Bonchev–Trinajstić information content (AvgIpc) is 3.28. The fourth-order valence-electron chi connectivity index (χ4n) is 4.24. The number of hydrogen-bond donors (Lipinski definition) is 1. The van der Waals surface area contributed by atoms with Crippen LogP contribution in [0.3, 0.4) is 0 Å². The van der Waals surface area contributed by atoms with E-state index in [9.17, 15) is 4.79 Å². The zero-order chi connectivity index (χ0) is 19.6. The van der Waals surface area contributed by atoms with Gasteiger partial charge in [-0.3, -0.25) is 4.79 Å². The molecule has 148 valence electrons. The maximum atomic E-state index is 13.3. The predicted octanol–water partition coefficient (Wildman–Crippen LogP) is 3.03. The van der Waals surface area contributed by atoms with Crippen LogP contribution >= 0.6 is 0 Å². The fourth-order valence-corrected chi connectivity index (χ4v) is 4.24. The number of carbonyl (C=O) groups excluding carboxylic acids is 1.